The third kappa shape index (κ3) is 4.55. The van der Waals surface area contributed by atoms with Crippen LogP contribution in [0.4, 0.5) is 0 Å². The molecule has 0 spiro atoms. The first-order valence-corrected chi connectivity index (χ1v) is 8.88. The fourth-order valence-corrected chi connectivity index (χ4v) is 3.83. The summed E-state index contributed by atoms with van der Waals surface area (Å²) in [6, 6.07) is 9.89. The number of hydrogen-bond donors (Lipinski definition) is 1. The number of nitrogens with zero attached hydrogens (tertiary/aromatic N) is 1. The Labute approximate surface area is 135 Å². The summed E-state index contributed by atoms with van der Waals surface area (Å²) in [7, 11) is 0. The number of nitrogens with one attached hydrogen (secondary N) is 1. The molecular formula is C19H30N2O. The van der Waals surface area contributed by atoms with Crippen molar-refractivity contribution in [2.75, 3.05) is 13.1 Å². The molecule has 2 unspecified atom stereocenters. The third-order valence-corrected chi connectivity index (χ3v) is 4.87. The SMILES string of the molecule is CC1CN(Cc2ccc(CNC3CCCC3)cc2)CC(C)O1. The molecule has 3 nitrogen and oxygen atoms in total. The zero-order valence-corrected chi connectivity index (χ0v) is 14.1. The summed E-state index contributed by atoms with van der Waals surface area (Å²) in [4.78, 5) is 2.50. The molecule has 1 saturated heterocycles. The number of rotatable bonds is 5. The maximum absolute atomic E-state index is 5.80. The van der Waals surface area contributed by atoms with Gasteiger partial charge in [0.15, 0.2) is 0 Å². The molecule has 1 saturated carbocycles. The second-order valence-electron chi connectivity index (χ2n) is 7.13. The first kappa shape index (κ1) is 16.0. The predicted octanol–water partition coefficient (Wildman–Crippen LogP) is 3.33. The van der Waals surface area contributed by atoms with Gasteiger partial charge in [-0.05, 0) is 37.8 Å². The van der Waals surface area contributed by atoms with E-state index in [0.29, 0.717) is 12.2 Å². The fourth-order valence-electron chi connectivity index (χ4n) is 3.83. The number of ether oxygens (including phenoxy) is 1. The smallest absolute Gasteiger partial charge is 0.0678 e. The molecule has 2 aliphatic rings. The molecule has 122 valence electrons. The molecule has 1 aliphatic heterocycles. The summed E-state index contributed by atoms with van der Waals surface area (Å²) in [6.45, 7) is 8.45. The van der Waals surface area contributed by atoms with Gasteiger partial charge in [-0.1, -0.05) is 37.1 Å². The molecule has 0 radical (unpaired) electrons. The maximum Gasteiger partial charge on any atom is 0.0678 e. The molecule has 22 heavy (non-hydrogen) atoms. The molecule has 2 atom stereocenters. The van der Waals surface area contributed by atoms with Crippen LogP contribution in [0.3, 0.4) is 0 Å². The van der Waals surface area contributed by atoms with Gasteiger partial charge in [0.1, 0.15) is 0 Å². The van der Waals surface area contributed by atoms with Crippen molar-refractivity contribution < 1.29 is 4.74 Å². The van der Waals surface area contributed by atoms with Crippen LogP contribution in [-0.4, -0.2) is 36.2 Å². The quantitative estimate of drug-likeness (QED) is 0.903. The maximum atomic E-state index is 5.80. The summed E-state index contributed by atoms with van der Waals surface area (Å²) in [5.74, 6) is 0. The Balaban J connectivity index is 1.48. The lowest BCUT2D eigenvalue weighted by atomic mass is 10.1. The van der Waals surface area contributed by atoms with E-state index in [1.54, 1.807) is 0 Å². The Morgan fingerprint density at radius 3 is 2.23 bits per heavy atom. The van der Waals surface area contributed by atoms with Crippen molar-refractivity contribution in [3.63, 3.8) is 0 Å². The first-order chi connectivity index (χ1) is 10.7. The molecule has 3 rings (SSSR count). The van der Waals surface area contributed by atoms with Gasteiger partial charge in [-0.3, -0.25) is 4.90 Å². The van der Waals surface area contributed by atoms with Crippen LogP contribution in [-0.2, 0) is 17.8 Å². The molecule has 0 bridgehead atoms. The van der Waals surface area contributed by atoms with Gasteiger partial charge in [-0.2, -0.15) is 0 Å². The van der Waals surface area contributed by atoms with Gasteiger partial charge >= 0.3 is 0 Å². The van der Waals surface area contributed by atoms with E-state index >= 15 is 0 Å². The minimum Gasteiger partial charge on any atom is -0.373 e. The number of benzene rings is 1. The van der Waals surface area contributed by atoms with Crippen LogP contribution in [0.2, 0.25) is 0 Å². The molecule has 1 aliphatic carbocycles. The molecule has 2 fully saturated rings. The Bertz CT molecular complexity index is 443. The average Bonchev–Trinajstić information content (AvgIpc) is 2.99. The number of hydrogen-bond acceptors (Lipinski definition) is 3. The van der Waals surface area contributed by atoms with Crippen molar-refractivity contribution in [1.82, 2.24) is 10.2 Å². The highest BCUT2D eigenvalue weighted by Crippen LogP contribution is 2.18. The van der Waals surface area contributed by atoms with Crippen LogP contribution in [0.15, 0.2) is 24.3 Å². The second-order valence-corrected chi connectivity index (χ2v) is 7.13. The van der Waals surface area contributed by atoms with Gasteiger partial charge in [-0.25, -0.2) is 0 Å². The van der Waals surface area contributed by atoms with Gasteiger partial charge in [0.25, 0.3) is 0 Å². The Hall–Kier alpha value is -0.900. The molecule has 3 heteroatoms. The number of morpholine rings is 1. The van der Waals surface area contributed by atoms with Crippen LogP contribution in [0.25, 0.3) is 0 Å². The van der Waals surface area contributed by atoms with Crippen LogP contribution < -0.4 is 5.32 Å². The topological polar surface area (TPSA) is 24.5 Å². The van der Waals surface area contributed by atoms with E-state index in [4.69, 9.17) is 4.74 Å². The molecule has 0 amide bonds. The minimum absolute atomic E-state index is 0.346. The summed E-state index contributed by atoms with van der Waals surface area (Å²) >= 11 is 0. The third-order valence-electron chi connectivity index (χ3n) is 4.87. The van der Waals surface area contributed by atoms with Crippen molar-refractivity contribution in [2.24, 2.45) is 0 Å². The lowest BCUT2D eigenvalue weighted by Gasteiger charge is -2.35. The van der Waals surface area contributed by atoms with E-state index in [-0.39, 0.29) is 0 Å². The van der Waals surface area contributed by atoms with Gasteiger partial charge in [0.2, 0.25) is 0 Å². The lowest BCUT2D eigenvalue weighted by Crippen LogP contribution is -2.44. The van der Waals surface area contributed by atoms with Crippen molar-refractivity contribution in [3.8, 4) is 0 Å². The minimum atomic E-state index is 0.346. The van der Waals surface area contributed by atoms with E-state index < -0.39 is 0 Å². The van der Waals surface area contributed by atoms with Crippen LogP contribution >= 0.6 is 0 Å². The zero-order chi connectivity index (χ0) is 15.4. The van der Waals surface area contributed by atoms with E-state index in [9.17, 15) is 0 Å². The predicted molar refractivity (Wildman–Crippen MR) is 90.8 cm³/mol. The van der Waals surface area contributed by atoms with Crippen molar-refractivity contribution in [3.05, 3.63) is 35.4 Å². The van der Waals surface area contributed by atoms with Crippen LogP contribution in [0, 0.1) is 0 Å². The van der Waals surface area contributed by atoms with E-state index in [0.717, 1.165) is 32.2 Å². The molecule has 1 N–H and O–H groups in total. The molecular weight excluding hydrogens is 272 g/mol. The van der Waals surface area contributed by atoms with Crippen molar-refractivity contribution in [1.29, 1.82) is 0 Å². The second kappa shape index (κ2) is 7.58. The fraction of sp³-hybridized carbons (Fsp3) is 0.684. The van der Waals surface area contributed by atoms with Crippen molar-refractivity contribution in [2.45, 2.75) is 70.9 Å². The molecule has 1 aromatic carbocycles. The largest absolute Gasteiger partial charge is 0.373 e. The van der Waals surface area contributed by atoms with Gasteiger partial charge in [-0.15, -0.1) is 0 Å². The highest BCUT2D eigenvalue weighted by molar-refractivity contribution is 5.22. The normalized spacial score (nSPS) is 27.4. The highest BCUT2D eigenvalue weighted by Gasteiger charge is 2.22. The van der Waals surface area contributed by atoms with E-state index in [1.165, 1.54) is 36.8 Å². The van der Waals surface area contributed by atoms with E-state index in [2.05, 4.69) is 48.3 Å². The lowest BCUT2D eigenvalue weighted by molar-refractivity contribution is -0.0704. The van der Waals surface area contributed by atoms with Crippen LogP contribution in [0.1, 0.15) is 50.7 Å². The standard InChI is InChI=1S/C19H30N2O/c1-15-12-21(13-16(2)22-15)14-18-9-7-17(8-10-18)11-20-19-5-3-4-6-19/h7-10,15-16,19-20H,3-6,11-14H2,1-2H3. The summed E-state index contributed by atoms with van der Waals surface area (Å²) < 4.78 is 5.80. The Morgan fingerprint density at radius 1 is 1.00 bits per heavy atom. The Kier molecular flexibility index (Phi) is 5.51. The summed E-state index contributed by atoms with van der Waals surface area (Å²) in [5.41, 5.74) is 2.81. The van der Waals surface area contributed by atoms with Crippen LogP contribution in [0.5, 0.6) is 0 Å². The van der Waals surface area contributed by atoms with Crippen molar-refractivity contribution >= 4 is 0 Å². The van der Waals surface area contributed by atoms with Gasteiger partial charge < -0.3 is 10.1 Å². The highest BCUT2D eigenvalue weighted by atomic mass is 16.5. The summed E-state index contributed by atoms with van der Waals surface area (Å²) in [5, 5.41) is 3.68. The van der Waals surface area contributed by atoms with Gasteiger partial charge in [0.05, 0.1) is 12.2 Å². The summed E-state index contributed by atoms with van der Waals surface area (Å²) in [6.07, 6.45) is 6.19. The average molecular weight is 302 g/mol. The first-order valence-electron chi connectivity index (χ1n) is 8.88. The Morgan fingerprint density at radius 2 is 1.59 bits per heavy atom. The monoisotopic (exact) mass is 302 g/mol. The van der Waals surface area contributed by atoms with Gasteiger partial charge in [0, 0.05) is 32.2 Å². The molecule has 1 heterocycles. The molecule has 0 aromatic heterocycles. The zero-order valence-electron chi connectivity index (χ0n) is 14.1. The van der Waals surface area contributed by atoms with E-state index in [1.807, 2.05) is 0 Å². The molecule has 1 aromatic rings.